The van der Waals surface area contributed by atoms with Crippen molar-refractivity contribution in [2.45, 2.75) is 27.7 Å². The van der Waals surface area contributed by atoms with Crippen LogP contribution < -0.4 is 10.2 Å². The number of aryl methyl sites for hydroxylation is 1. The topological polar surface area (TPSA) is 45.2 Å². The van der Waals surface area contributed by atoms with Gasteiger partial charge < -0.3 is 10.2 Å². The van der Waals surface area contributed by atoms with E-state index in [-0.39, 0.29) is 5.91 Å². The molecule has 1 amide bonds. The largest absolute Gasteiger partial charge is 0.385 e. The van der Waals surface area contributed by atoms with Gasteiger partial charge in [0, 0.05) is 30.7 Å². The summed E-state index contributed by atoms with van der Waals surface area (Å²) in [4.78, 5) is 18.8. The van der Waals surface area contributed by atoms with Crippen molar-refractivity contribution in [1.29, 1.82) is 0 Å². The second-order valence-electron chi connectivity index (χ2n) is 6.09. The predicted octanol–water partition coefficient (Wildman–Crippen LogP) is 4.12. The molecule has 0 aliphatic rings. The number of pyridine rings is 1. The maximum absolute atomic E-state index is 12.8. The Kier molecular flexibility index (Phi) is 5.74. The molecule has 0 aliphatic carbocycles. The maximum Gasteiger partial charge on any atom is 0.276 e. The summed E-state index contributed by atoms with van der Waals surface area (Å²) in [5.74, 6) is 0.466. The highest BCUT2D eigenvalue weighted by atomic mass is 16.2. The number of rotatable bonds is 6. The predicted molar refractivity (Wildman–Crippen MR) is 96.1 cm³/mol. The normalized spacial score (nSPS) is 10.7. The van der Waals surface area contributed by atoms with Crippen LogP contribution in [0.1, 0.15) is 36.8 Å². The average molecular weight is 311 g/mol. The van der Waals surface area contributed by atoms with Gasteiger partial charge in [-0.15, -0.1) is 0 Å². The Bertz CT molecular complexity index is 667. The smallest absolute Gasteiger partial charge is 0.276 e. The van der Waals surface area contributed by atoms with Crippen LogP contribution in [0, 0.1) is 12.8 Å². The fourth-order valence-corrected chi connectivity index (χ4v) is 2.36. The van der Waals surface area contributed by atoms with Gasteiger partial charge in [-0.1, -0.05) is 26.0 Å². The van der Waals surface area contributed by atoms with E-state index in [9.17, 15) is 4.79 Å². The van der Waals surface area contributed by atoms with Crippen LogP contribution >= 0.6 is 0 Å². The minimum atomic E-state index is -0.0775. The number of carbonyl (C=O) groups excluding carboxylic acids is 1. The molecule has 2 aromatic rings. The van der Waals surface area contributed by atoms with Crippen LogP contribution in [0.25, 0.3) is 0 Å². The molecule has 0 fully saturated rings. The zero-order valence-electron chi connectivity index (χ0n) is 14.3. The zero-order chi connectivity index (χ0) is 16.8. The lowest BCUT2D eigenvalue weighted by molar-refractivity contribution is 0.0983. The van der Waals surface area contributed by atoms with Gasteiger partial charge in [0.05, 0.1) is 0 Å². The SMILES string of the molecule is CCN(C(=O)c1cc(NCC(C)C)ccn1)c1cccc(C)c1. The molecular weight excluding hydrogens is 286 g/mol. The number of nitrogens with one attached hydrogen (secondary N) is 1. The lowest BCUT2D eigenvalue weighted by Gasteiger charge is -2.21. The molecule has 0 saturated carbocycles. The van der Waals surface area contributed by atoms with E-state index in [4.69, 9.17) is 0 Å². The number of nitrogens with zero attached hydrogens (tertiary/aromatic N) is 2. The molecule has 0 aliphatic heterocycles. The standard InChI is InChI=1S/C19H25N3O/c1-5-22(17-8-6-7-15(4)11-17)19(23)18-12-16(9-10-20-18)21-13-14(2)3/h6-12,14H,5,13H2,1-4H3,(H,20,21). The van der Waals surface area contributed by atoms with Crippen molar-refractivity contribution >= 4 is 17.3 Å². The van der Waals surface area contributed by atoms with E-state index in [0.29, 0.717) is 18.2 Å². The molecule has 4 heteroatoms. The second-order valence-corrected chi connectivity index (χ2v) is 6.09. The van der Waals surface area contributed by atoms with Crippen molar-refractivity contribution in [3.05, 3.63) is 53.9 Å². The number of amides is 1. The van der Waals surface area contributed by atoms with Gasteiger partial charge in [0.2, 0.25) is 0 Å². The lowest BCUT2D eigenvalue weighted by Crippen LogP contribution is -2.31. The highest BCUT2D eigenvalue weighted by Crippen LogP contribution is 2.19. The quantitative estimate of drug-likeness (QED) is 0.872. The van der Waals surface area contributed by atoms with Crippen molar-refractivity contribution in [1.82, 2.24) is 4.98 Å². The minimum absolute atomic E-state index is 0.0775. The third kappa shape index (κ3) is 4.55. The Morgan fingerprint density at radius 2 is 2.04 bits per heavy atom. The van der Waals surface area contributed by atoms with Gasteiger partial charge in [0.1, 0.15) is 5.69 Å². The molecule has 1 aromatic heterocycles. The van der Waals surface area contributed by atoms with Gasteiger partial charge in [-0.2, -0.15) is 0 Å². The summed E-state index contributed by atoms with van der Waals surface area (Å²) in [6.45, 7) is 9.77. The number of carbonyl (C=O) groups is 1. The van der Waals surface area contributed by atoms with Gasteiger partial charge in [-0.3, -0.25) is 9.78 Å². The van der Waals surface area contributed by atoms with E-state index in [1.165, 1.54) is 0 Å². The van der Waals surface area contributed by atoms with Gasteiger partial charge in [0.15, 0.2) is 0 Å². The summed E-state index contributed by atoms with van der Waals surface area (Å²) in [6.07, 6.45) is 1.68. The molecule has 1 N–H and O–H groups in total. The molecule has 0 saturated heterocycles. The van der Waals surface area contributed by atoms with Gasteiger partial charge in [-0.25, -0.2) is 0 Å². The zero-order valence-corrected chi connectivity index (χ0v) is 14.3. The number of hydrogen-bond donors (Lipinski definition) is 1. The third-order valence-corrected chi connectivity index (χ3v) is 3.57. The number of hydrogen-bond acceptors (Lipinski definition) is 3. The Morgan fingerprint density at radius 3 is 2.70 bits per heavy atom. The molecule has 23 heavy (non-hydrogen) atoms. The van der Waals surface area contributed by atoms with Crippen molar-refractivity contribution in [2.75, 3.05) is 23.3 Å². The fourth-order valence-electron chi connectivity index (χ4n) is 2.36. The first-order valence-electron chi connectivity index (χ1n) is 8.09. The maximum atomic E-state index is 12.8. The molecular formula is C19H25N3O. The highest BCUT2D eigenvalue weighted by molar-refractivity contribution is 6.05. The molecule has 1 aromatic carbocycles. The molecule has 0 unspecified atom stereocenters. The van der Waals surface area contributed by atoms with Crippen LogP contribution in [0.5, 0.6) is 0 Å². The number of benzene rings is 1. The van der Waals surface area contributed by atoms with Crippen molar-refractivity contribution in [3.63, 3.8) is 0 Å². The van der Waals surface area contributed by atoms with E-state index in [0.717, 1.165) is 23.5 Å². The van der Waals surface area contributed by atoms with E-state index in [1.54, 1.807) is 11.1 Å². The van der Waals surface area contributed by atoms with Crippen LogP contribution in [0.4, 0.5) is 11.4 Å². The Labute approximate surface area is 138 Å². The first-order valence-corrected chi connectivity index (χ1v) is 8.09. The van der Waals surface area contributed by atoms with E-state index >= 15 is 0 Å². The van der Waals surface area contributed by atoms with Gasteiger partial charge in [0.25, 0.3) is 5.91 Å². The van der Waals surface area contributed by atoms with Crippen molar-refractivity contribution in [2.24, 2.45) is 5.92 Å². The first-order chi connectivity index (χ1) is 11.0. The summed E-state index contributed by atoms with van der Waals surface area (Å²) in [5, 5.41) is 3.33. The van der Waals surface area contributed by atoms with Gasteiger partial charge in [-0.05, 0) is 49.6 Å². The van der Waals surface area contributed by atoms with Gasteiger partial charge >= 0.3 is 0 Å². The first kappa shape index (κ1) is 17.0. The minimum Gasteiger partial charge on any atom is -0.385 e. The summed E-state index contributed by atoms with van der Waals surface area (Å²) in [6, 6.07) is 11.7. The van der Waals surface area contributed by atoms with E-state index < -0.39 is 0 Å². The summed E-state index contributed by atoms with van der Waals surface area (Å²) < 4.78 is 0. The number of aromatic nitrogens is 1. The number of anilines is 2. The lowest BCUT2D eigenvalue weighted by atomic mass is 10.2. The summed E-state index contributed by atoms with van der Waals surface area (Å²) in [7, 11) is 0. The molecule has 122 valence electrons. The average Bonchev–Trinajstić information content (AvgIpc) is 2.54. The Hall–Kier alpha value is -2.36. The molecule has 1 heterocycles. The van der Waals surface area contributed by atoms with E-state index in [1.807, 2.05) is 50.2 Å². The molecule has 2 rings (SSSR count). The Morgan fingerprint density at radius 1 is 1.26 bits per heavy atom. The molecule has 4 nitrogen and oxygen atoms in total. The van der Waals surface area contributed by atoms with Crippen LogP contribution in [-0.4, -0.2) is 24.0 Å². The molecule has 0 radical (unpaired) electrons. The molecule has 0 spiro atoms. The van der Waals surface area contributed by atoms with Crippen molar-refractivity contribution in [3.8, 4) is 0 Å². The second kappa shape index (κ2) is 7.77. The van der Waals surface area contributed by atoms with Crippen molar-refractivity contribution < 1.29 is 4.79 Å². The molecule has 0 atom stereocenters. The fraction of sp³-hybridized carbons (Fsp3) is 0.368. The van der Waals surface area contributed by atoms with Crippen LogP contribution in [0.15, 0.2) is 42.6 Å². The van der Waals surface area contributed by atoms with Crippen LogP contribution in [0.2, 0.25) is 0 Å². The monoisotopic (exact) mass is 311 g/mol. The van der Waals surface area contributed by atoms with E-state index in [2.05, 4.69) is 24.1 Å². The molecule has 0 bridgehead atoms. The Balaban J connectivity index is 2.22. The van der Waals surface area contributed by atoms with Crippen LogP contribution in [-0.2, 0) is 0 Å². The highest BCUT2D eigenvalue weighted by Gasteiger charge is 2.17. The summed E-state index contributed by atoms with van der Waals surface area (Å²) in [5.41, 5.74) is 3.42. The summed E-state index contributed by atoms with van der Waals surface area (Å²) >= 11 is 0. The third-order valence-electron chi connectivity index (χ3n) is 3.57. The van der Waals surface area contributed by atoms with Crippen LogP contribution in [0.3, 0.4) is 0 Å².